The Morgan fingerprint density at radius 3 is 1.28 bits per heavy atom. The summed E-state index contributed by atoms with van der Waals surface area (Å²) in [6.45, 7) is 4.24. The first kappa shape index (κ1) is 56.5. The number of hydrogen-bond acceptors (Lipinski definition) is 8. The smallest absolute Gasteiger partial charge is 0.462 e. The van der Waals surface area contributed by atoms with Gasteiger partial charge in [0.1, 0.15) is 6.61 Å². The summed E-state index contributed by atoms with van der Waals surface area (Å²) < 4.78 is 33.3. The van der Waals surface area contributed by atoms with Crippen LogP contribution in [0.15, 0.2) is 24.3 Å². The van der Waals surface area contributed by atoms with E-state index in [0.29, 0.717) is 13.0 Å². The summed E-state index contributed by atoms with van der Waals surface area (Å²) in [4.78, 5) is 35.2. The Hall–Kier alpha value is -1.51. The van der Waals surface area contributed by atoms with E-state index in [1.807, 2.05) is 0 Å². The van der Waals surface area contributed by atoms with Crippen molar-refractivity contribution in [3.05, 3.63) is 24.3 Å². The second kappa shape index (κ2) is 45.0. The number of allylic oxidation sites excluding steroid dienone is 4. The van der Waals surface area contributed by atoms with Crippen molar-refractivity contribution in [3.8, 4) is 0 Å². The zero-order valence-corrected chi connectivity index (χ0v) is 38.9. The van der Waals surface area contributed by atoms with Crippen molar-refractivity contribution in [2.45, 2.75) is 238 Å². The Labute approximate surface area is 357 Å². The van der Waals surface area contributed by atoms with Crippen LogP contribution in [0.2, 0.25) is 0 Å². The molecule has 0 aliphatic rings. The molecule has 0 aromatic rings. The molecular formula is C48H92NO8P. The van der Waals surface area contributed by atoms with Gasteiger partial charge in [0, 0.05) is 19.4 Å². The number of nitrogens with one attached hydrogen (secondary N) is 1. The molecule has 0 aliphatic carbocycles. The summed E-state index contributed by atoms with van der Waals surface area (Å²) in [6, 6.07) is 0. The highest BCUT2D eigenvalue weighted by Gasteiger charge is 2.26. The van der Waals surface area contributed by atoms with Gasteiger partial charge >= 0.3 is 19.8 Å². The summed E-state index contributed by atoms with van der Waals surface area (Å²) in [5.41, 5.74) is 0. The van der Waals surface area contributed by atoms with Crippen molar-refractivity contribution in [3.63, 3.8) is 0 Å². The lowest BCUT2D eigenvalue weighted by molar-refractivity contribution is -0.161. The zero-order chi connectivity index (χ0) is 42.5. The number of phosphoric ester groups is 1. The first-order valence-electron chi connectivity index (χ1n) is 24.3. The van der Waals surface area contributed by atoms with Crippen molar-refractivity contribution in [2.75, 3.05) is 33.4 Å². The van der Waals surface area contributed by atoms with E-state index >= 15 is 0 Å². The fraction of sp³-hybridized carbons (Fsp3) is 0.875. The van der Waals surface area contributed by atoms with E-state index < -0.39 is 26.5 Å². The molecule has 0 aromatic carbocycles. The highest BCUT2D eigenvalue weighted by atomic mass is 31.2. The van der Waals surface area contributed by atoms with Crippen LogP contribution in [0.25, 0.3) is 0 Å². The molecule has 0 heterocycles. The van der Waals surface area contributed by atoms with E-state index in [1.165, 1.54) is 148 Å². The van der Waals surface area contributed by atoms with Gasteiger partial charge < -0.3 is 19.7 Å². The van der Waals surface area contributed by atoms with Crippen LogP contribution in [0.4, 0.5) is 0 Å². The van der Waals surface area contributed by atoms with E-state index in [4.69, 9.17) is 18.5 Å². The largest absolute Gasteiger partial charge is 0.472 e. The average Bonchev–Trinajstić information content (AvgIpc) is 3.21. The maximum Gasteiger partial charge on any atom is 0.472 e. The van der Waals surface area contributed by atoms with Crippen molar-refractivity contribution < 1.29 is 37.6 Å². The minimum atomic E-state index is -4.35. The predicted octanol–water partition coefficient (Wildman–Crippen LogP) is 14.2. The van der Waals surface area contributed by atoms with Gasteiger partial charge in [-0.3, -0.25) is 18.6 Å². The van der Waals surface area contributed by atoms with Crippen molar-refractivity contribution >= 4 is 19.8 Å². The highest BCUT2D eigenvalue weighted by molar-refractivity contribution is 7.47. The fourth-order valence-corrected chi connectivity index (χ4v) is 7.59. The maximum absolute atomic E-state index is 12.7. The molecule has 0 spiro atoms. The van der Waals surface area contributed by atoms with Gasteiger partial charge in [0.15, 0.2) is 6.10 Å². The van der Waals surface area contributed by atoms with Crippen LogP contribution in [0.3, 0.4) is 0 Å². The summed E-state index contributed by atoms with van der Waals surface area (Å²) in [5.74, 6) is -0.808. The van der Waals surface area contributed by atoms with Gasteiger partial charge in [-0.05, 0) is 71.3 Å². The van der Waals surface area contributed by atoms with E-state index in [2.05, 4.69) is 43.5 Å². The molecule has 0 bridgehead atoms. The quantitative estimate of drug-likeness (QED) is 0.0267. The molecular weight excluding hydrogens is 750 g/mol. The van der Waals surface area contributed by atoms with Gasteiger partial charge in [0.25, 0.3) is 0 Å². The van der Waals surface area contributed by atoms with E-state index in [9.17, 15) is 19.0 Å². The molecule has 0 saturated carbocycles. The monoisotopic (exact) mass is 842 g/mol. The number of esters is 2. The number of unbranched alkanes of at least 4 members (excludes halogenated alkanes) is 28. The Morgan fingerprint density at radius 1 is 0.517 bits per heavy atom. The van der Waals surface area contributed by atoms with Gasteiger partial charge in [0.05, 0.1) is 13.2 Å². The van der Waals surface area contributed by atoms with Crippen molar-refractivity contribution in [1.82, 2.24) is 5.32 Å². The summed E-state index contributed by atoms with van der Waals surface area (Å²) >= 11 is 0. The second-order valence-corrected chi connectivity index (χ2v) is 17.7. The molecule has 58 heavy (non-hydrogen) atoms. The molecule has 10 heteroatoms. The van der Waals surface area contributed by atoms with E-state index in [1.54, 1.807) is 7.05 Å². The number of carbonyl (C=O) groups is 2. The zero-order valence-electron chi connectivity index (χ0n) is 38.0. The molecule has 0 radical (unpaired) electrons. The molecule has 0 aromatic heterocycles. The number of likely N-dealkylation sites (N-methyl/N-ethyl adjacent to an activating group) is 1. The Morgan fingerprint density at radius 2 is 0.879 bits per heavy atom. The lowest BCUT2D eigenvalue weighted by atomic mass is 10.0. The Bertz CT molecular complexity index is 1010. The molecule has 0 rings (SSSR count). The average molecular weight is 842 g/mol. The SMILES string of the molecule is CCCCCCCC/C=C\CCCCCCCCCCCCCC(=O)OC(COC(=O)CCCCCCC/C=C\CCCCCCCC)COP(=O)(O)OCCNC. The number of ether oxygens (including phenoxy) is 2. The fourth-order valence-electron chi connectivity index (χ4n) is 6.84. The predicted molar refractivity (Wildman–Crippen MR) is 243 cm³/mol. The lowest BCUT2D eigenvalue weighted by Gasteiger charge is -2.20. The minimum absolute atomic E-state index is 0.0167. The highest BCUT2D eigenvalue weighted by Crippen LogP contribution is 2.43. The summed E-state index contributed by atoms with van der Waals surface area (Å²) in [6.07, 6.45) is 47.9. The van der Waals surface area contributed by atoms with Gasteiger partial charge in [0.2, 0.25) is 0 Å². The van der Waals surface area contributed by atoms with Crippen LogP contribution in [0.5, 0.6) is 0 Å². The van der Waals surface area contributed by atoms with Crippen LogP contribution in [0, 0.1) is 0 Å². The molecule has 2 N–H and O–H groups in total. The molecule has 9 nitrogen and oxygen atoms in total. The maximum atomic E-state index is 12.7. The Balaban J connectivity index is 4.13. The second-order valence-electron chi connectivity index (χ2n) is 16.3. The molecule has 2 atom stereocenters. The number of carbonyl (C=O) groups excluding carboxylic acids is 2. The van der Waals surface area contributed by atoms with E-state index in [-0.39, 0.29) is 32.0 Å². The molecule has 342 valence electrons. The van der Waals surface area contributed by atoms with E-state index in [0.717, 1.165) is 51.4 Å². The van der Waals surface area contributed by atoms with Crippen LogP contribution < -0.4 is 5.32 Å². The van der Waals surface area contributed by atoms with Crippen LogP contribution in [-0.2, 0) is 32.7 Å². The van der Waals surface area contributed by atoms with Crippen LogP contribution in [0.1, 0.15) is 232 Å². The van der Waals surface area contributed by atoms with Crippen LogP contribution >= 0.6 is 7.82 Å². The molecule has 0 aliphatic heterocycles. The van der Waals surface area contributed by atoms with Gasteiger partial charge in [-0.2, -0.15) is 0 Å². The molecule has 0 amide bonds. The van der Waals surface area contributed by atoms with Crippen molar-refractivity contribution in [1.29, 1.82) is 0 Å². The first-order chi connectivity index (χ1) is 28.3. The standard InChI is InChI=1S/C48H92NO8P/c1-4-6-8-10-12-14-16-18-20-21-22-23-24-25-27-29-31-33-35-37-39-41-48(51)57-46(45-56-58(52,53)55-43-42-49-3)44-54-47(50)40-38-36-34-32-30-28-26-19-17-15-13-11-9-7-5-2/h18-20,26,46,49H,4-17,21-25,27-45H2,1-3H3,(H,52,53)/b20-18-,26-19-. The number of hydrogen-bond donors (Lipinski definition) is 2. The normalized spacial score (nSPS) is 13.4. The first-order valence-corrected chi connectivity index (χ1v) is 25.8. The van der Waals surface area contributed by atoms with Gasteiger partial charge in [-0.15, -0.1) is 0 Å². The third-order valence-electron chi connectivity index (χ3n) is 10.5. The topological polar surface area (TPSA) is 120 Å². The minimum Gasteiger partial charge on any atom is -0.462 e. The third kappa shape index (κ3) is 44.1. The van der Waals surface area contributed by atoms with Gasteiger partial charge in [-0.25, -0.2) is 4.57 Å². The number of phosphoric acid groups is 1. The molecule has 0 fully saturated rings. The molecule has 2 unspecified atom stereocenters. The molecule has 0 saturated heterocycles. The van der Waals surface area contributed by atoms with Crippen molar-refractivity contribution in [2.24, 2.45) is 0 Å². The lowest BCUT2D eigenvalue weighted by Crippen LogP contribution is -2.29. The Kier molecular flexibility index (Phi) is 43.9. The van der Waals surface area contributed by atoms with Crippen LogP contribution in [-0.4, -0.2) is 56.3 Å². The summed E-state index contributed by atoms with van der Waals surface area (Å²) in [7, 11) is -2.65. The third-order valence-corrected chi connectivity index (χ3v) is 11.5. The summed E-state index contributed by atoms with van der Waals surface area (Å²) in [5, 5.41) is 2.83. The number of rotatable bonds is 46. The van der Waals surface area contributed by atoms with Gasteiger partial charge in [-0.1, -0.05) is 179 Å².